The zero-order valence-electron chi connectivity index (χ0n) is 14.2. The minimum atomic E-state index is -1.21. The van der Waals surface area contributed by atoms with Crippen molar-refractivity contribution in [2.24, 2.45) is 0 Å². The van der Waals surface area contributed by atoms with E-state index < -0.39 is 23.6 Å². The Bertz CT molecular complexity index is 827. The second-order valence-electron chi connectivity index (χ2n) is 5.49. The maximum atomic E-state index is 13.7. The predicted molar refractivity (Wildman–Crippen MR) is 94.1 cm³/mol. The molecular weight excluding hydrogens is 338 g/mol. The smallest absolute Gasteiger partial charge is 0.245 e. The third-order valence-corrected chi connectivity index (χ3v) is 3.47. The van der Waals surface area contributed by atoms with Gasteiger partial charge in [0.15, 0.2) is 0 Å². The summed E-state index contributed by atoms with van der Waals surface area (Å²) in [5.41, 5.74) is 0.679. The summed E-state index contributed by atoms with van der Waals surface area (Å²) in [6.45, 7) is 2.65. The van der Waals surface area contributed by atoms with E-state index >= 15 is 0 Å². The Balaban J connectivity index is 2.00. The van der Waals surface area contributed by atoms with E-state index in [0.29, 0.717) is 12.7 Å². The van der Waals surface area contributed by atoms with Crippen molar-refractivity contribution in [3.05, 3.63) is 71.3 Å². The monoisotopic (exact) mass is 356 g/mol. The first-order valence-corrected chi connectivity index (χ1v) is 8.09. The number of nitriles is 1. The molecule has 0 saturated carbocycles. The van der Waals surface area contributed by atoms with E-state index in [0.717, 1.165) is 29.9 Å². The predicted octanol–water partition coefficient (Wildman–Crippen LogP) is 4.15. The molecule has 0 aromatic heterocycles. The van der Waals surface area contributed by atoms with E-state index in [2.05, 4.69) is 5.32 Å². The Morgan fingerprint density at radius 3 is 2.62 bits per heavy atom. The van der Waals surface area contributed by atoms with Crippen LogP contribution in [0.5, 0.6) is 5.75 Å². The molecule has 0 bridgehead atoms. The summed E-state index contributed by atoms with van der Waals surface area (Å²) in [6.07, 6.45) is 3.72. The number of hydrogen-bond donors (Lipinski definition) is 1. The van der Waals surface area contributed by atoms with Crippen LogP contribution in [0.4, 0.5) is 8.78 Å². The van der Waals surface area contributed by atoms with Gasteiger partial charge in [-0.05, 0) is 36.3 Å². The number of nitrogens with zero attached hydrogens (tertiary/aromatic N) is 1. The SMILES string of the molecule is CCCOc1ccc(/C=C/C(=O)NC(C#N)c2ccc(F)cc2F)cc1. The van der Waals surface area contributed by atoms with Gasteiger partial charge >= 0.3 is 0 Å². The van der Waals surface area contributed by atoms with Crippen molar-refractivity contribution in [2.45, 2.75) is 19.4 Å². The van der Waals surface area contributed by atoms with Crippen LogP contribution < -0.4 is 10.1 Å². The van der Waals surface area contributed by atoms with Crippen LogP contribution in [0.25, 0.3) is 6.08 Å². The summed E-state index contributed by atoms with van der Waals surface area (Å²) in [7, 11) is 0. The van der Waals surface area contributed by atoms with Crippen LogP contribution in [0, 0.1) is 23.0 Å². The van der Waals surface area contributed by atoms with Crippen LogP contribution in [-0.4, -0.2) is 12.5 Å². The van der Waals surface area contributed by atoms with E-state index in [1.807, 2.05) is 6.92 Å². The van der Waals surface area contributed by atoms with Gasteiger partial charge in [-0.1, -0.05) is 25.1 Å². The molecule has 0 saturated heterocycles. The summed E-state index contributed by atoms with van der Waals surface area (Å²) in [5, 5.41) is 11.5. The number of amides is 1. The maximum absolute atomic E-state index is 13.7. The first kappa shape index (κ1) is 19.1. The van der Waals surface area contributed by atoms with Gasteiger partial charge in [-0.25, -0.2) is 8.78 Å². The number of nitrogens with one attached hydrogen (secondary N) is 1. The quantitative estimate of drug-likeness (QED) is 0.758. The van der Waals surface area contributed by atoms with E-state index in [1.165, 1.54) is 6.08 Å². The van der Waals surface area contributed by atoms with Gasteiger partial charge in [-0.2, -0.15) is 5.26 Å². The number of halogens is 2. The molecule has 0 aliphatic rings. The highest BCUT2D eigenvalue weighted by molar-refractivity contribution is 5.92. The largest absolute Gasteiger partial charge is 0.494 e. The Kier molecular flexibility index (Phi) is 6.86. The first-order chi connectivity index (χ1) is 12.5. The van der Waals surface area contributed by atoms with Gasteiger partial charge in [0.25, 0.3) is 0 Å². The van der Waals surface area contributed by atoms with Gasteiger partial charge in [-0.3, -0.25) is 4.79 Å². The standard InChI is InChI=1S/C20H18F2N2O2/c1-2-11-26-16-7-3-14(4-8-16)5-10-20(25)24-19(13-23)17-9-6-15(21)12-18(17)22/h3-10,12,19H,2,11H2,1H3,(H,24,25)/b10-5+. The van der Waals surface area contributed by atoms with Crippen LogP contribution in [0.1, 0.15) is 30.5 Å². The van der Waals surface area contributed by atoms with Crippen LogP contribution in [0.3, 0.4) is 0 Å². The van der Waals surface area contributed by atoms with Crippen LogP contribution in [-0.2, 0) is 4.79 Å². The normalized spacial score (nSPS) is 11.8. The molecular formula is C20H18F2N2O2. The minimum absolute atomic E-state index is 0.0897. The molecule has 0 heterocycles. The summed E-state index contributed by atoms with van der Waals surface area (Å²) in [4.78, 5) is 12.0. The van der Waals surface area contributed by atoms with Crippen molar-refractivity contribution in [3.63, 3.8) is 0 Å². The molecule has 0 aliphatic carbocycles. The van der Waals surface area contributed by atoms with Gasteiger partial charge in [-0.15, -0.1) is 0 Å². The van der Waals surface area contributed by atoms with Crippen LogP contribution >= 0.6 is 0 Å². The molecule has 6 heteroatoms. The Labute approximate surface area is 150 Å². The lowest BCUT2D eigenvalue weighted by molar-refractivity contribution is -0.116. The molecule has 1 unspecified atom stereocenters. The van der Waals surface area contributed by atoms with Gasteiger partial charge in [0.2, 0.25) is 5.91 Å². The fourth-order valence-electron chi connectivity index (χ4n) is 2.17. The number of ether oxygens (including phenoxy) is 1. The van der Waals surface area contributed by atoms with Crippen LogP contribution in [0.2, 0.25) is 0 Å². The Hall–Kier alpha value is -3.20. The number of carbonyl (C=O) groups excluding carboxylic acids is 1. The van der Waals surface area contributed by atoms with Crippen molar-refractivity contribution < 1.29 is 18.3 Å². The van der Waals surface area contributed by atoms with Gasteiger partial charge in [0, 0.05) is 17.7 Å². The zero-order chi connectivity index (χ0) is 18.9. The molecule has 1 N–H and O–H groups in total. The maximum Gasteiger partial charge on any atom is 0.245 e. The molecule has 0 fully saturated rings. The minimum Gasteiger partial charge on any atom is -0.494 e. The zero-order valence-corrected chi connectivity index (χ0v) is 14.2. The molecule has 4 nitrogen and oxygen atoms in total. The molecule has 1 atom stereocenters. The van der Waals surface area contributed by atoms with Crippen molar-refractivity contribution >= 4 is 12.0 Å². The summed E-state index contributed by atoms with van der Waals surface area (Å²) >= 11 is 0. The molecule has 2 aromatic rings. The Morgan fingerprint density at radius 1 is 1.27 bits per heavy atom. The van der Waals surface area contributed by atoms with Gasteiger partial charge < -0.3 is 10.1 Å². The number of carbonyl (C=O) groups is 1. The van der Waals surface area contributed by atoms with Crippen molar-refractivity contribution in [1.29, 1.82) is 5.26 Å². The number of rotatable bonds is 7. The lowest BCUT2D eigenvalue weighted by atomic mass is 10.1. The van der Waals surface area contributed by atoms with Crippen molar-refractivity contribution in [1.82, 2.24) is 5.32 Å². The third kappa shape index (κ3) is 5.42. The van der Waals surface area contributed by atoms with E-state index in [1.54, 1.807) is 36.4 Å². The Morgan fingerprint density at radius 2 is 2.00 bits per heavy atom. The second kappa shape index (κ2) is 9.33. The summed E-state index contributed by atoms with van der Waals surface area (Å²) in [6, 6.07) is 10.6. The van der Waals surface area contributed by atoms with Gasteiger partial charge in [0.1, 0.15) is 23.4 Å². The van der Waals surface area contributed by atoms with E-state index in [9.17, 15) is 13.6 Å². The summed E-state index contributed by atoms with van der Waals surface area (Å²) in [5.74, 6) is -1.46. The molecule has 134 valence electrons. The topological polar surface area (TPSA) is 62.1 Å². The lowest BCUT2D eigenvalue weighted by Crippen LogP contribution is -2.26. The third-order valence-electron chi connectivity index (χ3n) is 3.47. The molecule has 0 radical (unpaired) electrons. The highest BCUT2D eigenvalue weighted by Crippen LogP contribution is 2.18. The summed E-state index contributed by atoms with van der Waals surface area (Å²) < 4.78 is 32.2. The number of benzene rings is 2. The fourth-order valence-corrected chi connectivity index (χ4v) is 2.17. The average molecular weight is 356 g/mol. The fraction of sp³-hybridized carbons (Fsp3) is 0.200. The van der Waals surface area contributed by atoms with Crippen molar-refractivity contribution in [2.75, 3.05) is 6.61 Å². The van der Waals surface area contributed by atoms with Gasteiger partial charge in [0.05, 0.1) is 12.7 Å². The highest BCUT2D eigenvalue weighted by atomic mass is 19.1. The average Bonchev–Trinajstić information content (AvgIpc) is 2.64. The first-order valence-electron chi connectivity index (χ1n) is 8.09. The molecule has 2 aromatic carbocycles. The van der Waals surface area contributed by atoms with Crippen molar-refractivity contribution in [3.8, 4) is 11.8 Å². The molecule has 2 rings (SSSR count). The number of hydrogen-bond acceptors (Lipinski definition) is 3. The van der Waals surface area contributed by atoms with E-state index in [4.69, 9.17) is 10.00 Å². The molecule has 0 aliphatic heterocycles. The molecule has 0 spiro atoms. The molecule has 26 heavy (non-hydrogen) atoms. The highest BCUT2D eigenvalue weighted by Gasteiger charge is 2.17. The molecule has 1 amide bonds. The van der Waals surface area contributed by atoms with Crippen LogP contribution in [0.15, 0.2) is 48.5 Å². The van der Waals surface area contributed by atoms with E-state index in [-0.39, 0.29) is 5.56 Å². The lowest BCUT2D eigenvalue weighted by Gasteiger charge is -2.11. The second-order valence-corrected chi connectivity index (χ2v) is 5.49.